The molecule has 0 atom stereocenters. The van der Waals surface area contributed by atoms with Gasteiger partial charge in [-0.1, -0.05) is 18.2 Å². The molecule has 2 aromatic rings. The van der Waals surface area contributed by atoms with Crippen molar-refractivity contribution in [1.82, 2.24) is 4.90 Å². The third kappa shape index (κ3) is 2.58. The second-order valence-electron chi connectivity index (χ2n) is 5.61. The fourth-order valence-corrected chi connectivity index (χ4v) is 3.47. The van der Waals surface area contributed by atoms with Crippen LogP contribution in [0, 0.1) is 0 Å². The highest BCUT2D eigenvalue weighted by atomic mass is 32.1. The molecule has 3 rings (SSSR count). The summed E-state index contributed by atoms with van der Waals surface area (Å²) in [7, 11) is 2.18. The van der Waals surface area contributed by atoms with Gasteiger partial charge in [-0.05, 0) is 48.7 Å². The van der Waals surface area contributed by atoms with Gasteiger partial charge in [-0.2, -0.15) is 0 Å². The van der Waals surface area contributed by atoms with Crippen molar-refractivity contribution in [2.24, 2.45) is 5.73 Å². The van der Waals surface area contributed by atoms with E-state index in [9.17, 15) is 0 Å². The maximum Gasteiger partial charge on any atom is 0.0345 e. The molecule has 3 heteroatoms. The van der Waals surface area contributed by atoms with Gasteiger partial charge >= 0.3 is 0 Å². The van der Waals surface area contributed by atoms with Crippen molar-refractivity contribution < 1.29 is 0 Å². The fourth-order valence-electron chi connectivity index (χ4n) is 2.47. The Hall–Kier alpha value is -0.900. The number of rotatable bonds is 5. The number of nitrogens with zero attached hydrogens (tertiary/aromatic N) is 1. The smallest absolute Gasteiger partial charge is 0.0345 e. The first kappa shape index (κ1) is 12.2. The van der Waals surface area contributed by atoms with Crippen LogP contribution in [0.1, 0.15) is 18.4 Å². The third-order valence-electron chi connectivity index (χ3n) is 3.80. The lowest BCUT2D eigenvalue weighted by Crippen LogP contribution is -2.38. The molecule has 1 saturated carbocycles. The first-order valence-corrected chi connectivity index (χ1v) is 7.47. The molecule has 0 bridgehead atoms. The topological polar surface area (TPSA) is 29.3 Å². The third-order valence-corrected chi connectivity index (χ3v) is 4.81. The van der Waals surface area contributed by atoms with Crippen LogP contribution in [0.2, 0.25) is 0 Å². The molecule has 96 valence electrons. The van der Waals surface area contributed by atoms with E-state index in [1.54, 1.807) is 0 Å². The van der Waals surface area contributed by atoms with Crippen LogP contribution in [0.3, 0.4) is 0 Å². The summed E-state index contributed by atoms with van der Waals surface area (Å²) in [6, 6.07) is 8.67. The Labute approximate surface area is 112 Å². The molecule has 1 fully saturated rings. The van der Waals surface area contributed by atoms with Crippen molar-refractivity contribution in [3.63, 3.8) is 0 Å². The molecule has 1 aliphatic carbocycles. The molecule has 2 N–H and O–H groups in total. The van der Waals surface area contributed by atoms with Crippen LogP contribution in [0.25, 0.3) is 10.1 Å². The Morgan fingerprint density at radius 1 is 1.33 bits per heavy atom. The van der Waals surface area contributed by atoms with E-state index in [0.717, 1.165) is 19.5 Å². The molecule has 0 radical (unpaired) electrons. The zero-order chi connectivity index (χ0) is 12.6. The van der Waals surface area contributed by atoms with Crippen LogP contribution in [0.15, 0.2) is 29.6 Å². The normalized spacial score (nSPS) is 17.5. The van der Waals surface area contributed by atoms with Gasteiger partial charge < -0.3 is 10.6 Å². The number of likely N-dealkylation sites (N-methyl/N-ethyl adjacent to an activating group) is 1. The Balaban J connectivity index is 1.62. The van der Waals surface area contributed by atoms with Gasteiger partial charge in [0.2, 0.25) is 0 Å². The molecule has 1 heterocycles. The van der Waals surface area contributed by atoms with E-state index in [2.05, 4.69) is 41.6 Å². The van der Waals surface area contributed by atoms with Crippen molar-refractivity contribution in [2.75, 3.05) is 20.1 Å². The van der Waals surface area contributed by atoms with Crippen LogP contribution in [-0.4, -0.2) is 30.6 Å². The summed E-state index contributed by atoms with van der Waals surface area (Å²) in [5.41, 5.74) is 7.75. The number of thiophene rings is 1. The van der Waals surface area contributed by atoms with Gasteiger partial charge in [-0.3, -0.25) is 0 Å². The van der Waals surface area contributed by atoms with E-state index in [-0.39, 0.29) is 5.54 Å². The molecule has 0 unspecified atom stereocenters. The molecule has 1 aromatic carbocycles. The van der Waals surface area contributed by atoms with Gasteiger partial charge in [0.1, 0.15) is 0 Å². The minimum atomic E-state index is 0.130. The van der Waals surface area contributed by atoms with Crippen LogP contribution >= 0.6 is 11.3 Å². The summed E-state index contributed by atoms with van der Waals surface area (Å²) in [5, 5.41) is 3.72. The van der Waals surface area contributed by atoms with E-state index < -0.39 is 0 Å². The van der Waals surface area contributed by atoms with Crippen LogP contribution in [0.5, 0.6) is 0 Å². The Morgan fingerprint density at radius 3 is 2.89 bits per heavy atom. The second kappa shape index (κ2) is 4.65. The second-order valence-corrected chi connectivity index (χ2v) is 6.52. The highest BCUT2D eigenvalue weighted by molar-refractivity contribution is 7.17. The highest BCUT2D eigenvalue weighted by Gasteiger charge is 2.38. The van der Waals surface area contributed by atoms with Gasteiger partial charge in [0.25, 0.3) is 0 Å². The van der Waals surface area contributed by atoms with Crippen molar-refractivity contribution in [1.29, 1.82) is 0 Å². The van der Waals surface area contributed by atoms with E-state index in [1.807, 2.05) is 11.3 Å². The Morgan fingerprint density at radius 2 is 2.11 bits per heavy atom. The lowest BCUT2D eigenvalue weighted by atomic mass is 10.1. The van der Waals surface area contributed by atoms with Crippen LogP contribution in [0.4, 0.5) is 0 Å². The lowest BCUT2D eigenvalue weighted by Gasteiger charge is -2.20. The van der Waals surface area contributed by atoms with Crippen LogP contribution < -0.4 is 5.73 Å². The summed E-state index contributed by atoms with van der Waals surface area (Å²) in [4.78, 5) is 2.37. The molecule has 1 aliphatic rings. The van der Waals surface area contributed by atoms with Crippen molar-refractivity contribution in [2.45, 2.75) is 24.8 Å². The minimum absolute atomic E-state index is 0.130. The quantitative estimate of drug-likeness (QED) is 0.895. The van der Waals surface area contributed by atoms with E-state index in [0.29, 0.717) is 0 Å². The van der Waals surface area contributed by atoms with Gasteiger partial charge in [-0.15, -0.1) is 11.3 Å². The van der Waals surface area contributed by atoms with E-state index in [1.165, 1.54) is 28.5 Å². The molecule has 0 saturated heterocycles. The Kier molecular flexibility index (Phi) is 3.14. The number of hydrogen-bond acceptors (Lipinski definition) is 3. The predicted molar refractivity (Wildman–Crippen MR) is 79.2 cm³/mol. The molecule has 1 aromatic heterocycles. The van der Waals surface area contributed by atoms with Crippen LogP contribution in [-0.2, 0) is 6.42 Å². The van der Waals surface area contributed by atoms with Gasteiger partial charge in [0.15, 0.2) is 0 Å². The molecular formula is C15H20N2S. The molecule has 18 heavy (non-hydrogen) atoms. The average molecular weight is 260 g/mol. The molecule has 0 amide bonds. The highest BCUT2D eigenvalue weighted by Crippen LogP contribution is 2.32. The zero-order valence-electron chi connectivity index (χ0n) is 10.9. The average Bonchev–Trinajstić information content (AvgIpc) is 2.93. The Bertz CT molecular complexity index is 542. The van der Waals surface area contributed by atoms with Crippen molar-refractivity contribution >= 4 is 21.4 Å². The number of nitrogens with two attached hydrogens (primary N) is 1. The van der Waals surface area contributed by atoms with Gasteiger partial charge in [0, 0.05) is 23.3 Å². The number of hydrogen-bond donors (Lipinski definition) is 1. The van der Waals surface area contributed by atoms with Gasteiger partial charge in [0.05, 0.1) is 0 Å². The molecular weight excluding hydrogens is 240 g/mol. The predicted octanol–water partition coefficient (Wildman–Crippen LogP) is 2.87. The zero-order valence-corrected chi connectivity index (χ0v) is 11.7. The maximum absolute atomic E-state index is 6.15. The number of benzene rings is 1. The molecule has 0 aliphatic heterocycles. The summed E-state index contributed by atoms with van der Waals surface area (Å²) in [5.74, 6) is 0. The minimum Gasteiger partial charge on any atom is -0.324 e. The van der Waals surface area contributed by atoms with E-state index in [4.69, 9.17) is 5.73 Å². The SMILES string of the molecule is CN(CCc1csc2ccccc12)CC1(N)CC1. The maximum atomic E-state index is 6.15. The van der Waals surface area contributed by atoms with E-state index >= 15 is 0 Å². The summed E-state index contributed by atoms with van der Waals surface area (Å²) >= 11 is 1.85. The standard InChI is InChI=1S/C15H20N2S/c1-17(11-15(16)7-8-15)9-6-12-10-18-14-5-3-2-4-13(12)14/h2-5,10H,6-9,11,16H2,1H3. The molecule has 0 spiro atoms. The first-order valence-electron chi connectivity index (χ1n) is 6.59. The molecule has 2 nitrogen and oxygen atoms in total. The summed E-state index contributed by atoms with van der Waals surface area (Å²) in [6.45, 7) is 2.13. The number of fused-ring (bicyclic) bond motifs is 1. The van der Waals surface area contributed by atoms with Gasteiger partial charge in [-0.25, -0.2) is 0 Å². The first-order chi connectivity index (χ1) is 8.66. The van der Waals surface area contributed by atoms with Crippen molar-refractivity contribution in [3.8, 4) is 0 Å². The summed E-state index contributed by atoms with van der Waals surface area (Å²) < 4.78 is 1.40. The monoisotopic (exact) mass is 260 g/mol. The lowest BCUT2D eigenvalue weighted by molar-refractivity contribution is 0.307. The largest absolute Gasteiger partial charge is 0.324 e. The fraction of sp³-hybridized carbons (Fsp3) is 0.467. The summed E-state index contributed by atoms with van der Waals surface area (Å²) in [6.07, 6.45) is 3.51. The van der Waals surface area contributed by atoms with Crippen molar-refractivity contribution in [3.05, 3.63) is 35.2 Å².